The number of benzene rings is 2. The molecule has 0 atom stereocenters. The summed E-state index contributed by atoms with van der Waals surface area (Å²) in [5.74, 6) is -0.515. The minimum atomic E-state index is -0.520. The Bertz CT molecular complexity index is 712. The largest absolute Gasteiger partial charge is 0.421 e. The average molecular weight is 477 g/mol. The molecule has 2 rings (SSSR count). The molecule has 0 saturated carbocycles. The van der Waals surface area contributed by atoms with Gasteiger partial charge in [-0.05, 0) is 72.9 Å². The van der Waals surface area contributed by atoms with E-state index in [4.69, 9.17) is 4.74 Å². The molecule has 0 aliphatic carbocycles. The van der Waals surface area contributed by atoms with Gasteiger partial charge in [0.25, 0.3) is 0 Å². The Morgan fingerprint density at radius 3 is 2.19 bits per heavy atom. The van der Waals surface area contributed by atoms with Gasteiger partial charge < -0.3 is 4.74 Å². The van der Waals surface area contributed by atoms with Gasteiger partial charge in [-0.25, -0.2) is 4.79 Å². The van der Waals surface area contributed by atoms with E-state index in [1.807, 2.05) is 6.07 Å². The van der Waals surface area contributed by atoms with Crippen molar-refractivity contribution in [2.45, 2.75) is 6.92 Å². The molecule has 3 nitrogen and oxygen atoms in total. The van der Waals surface area contributed by atoms with Crippen molar-refractivity contribution < 1.29 is 14.3 Å². The van der Waals surface area contributed by atoms with E-state index in [1.165, 1.54) is 6.92 Å². The smallest absolute Gasteiger partial charge is 0.343 e. The van der Waals surface area contributed by atoms with E-state index in [1.54, 1.807) is 30.3 Å². The zero-order valence-electron chi connectivity index (χ0n) is 10.8. The lowest BCUT2D eigenvalue weighted by Gasteiger charge is -2.13. The Balaban J connectivity index is 2.46. The summed E-state index contributed by atoms with van der Waals surface area (Å²) in [7, 11) is 0. The highest BCUT2D eigenvalue weighted by Gasteiger charge is 2.21. The first-order valence-electron chi connectivity index (χ1n) is 5.87. The van der Waals surface area contributed by atoms with Gasteiger partial charge in [-0.15, -0.1) is 0 Å². The lowest BCUT2D eigenvalue weighted by atomic mass is 10.1. The Morgan fingerprint density at radius 1 is 1.00 bits per heavy atom. The van der Waals surface area contributed by atoms with Crippen molar-refractivity contribution in [3.05, 3.63) is 60.9 Å². The van der Waals surface area contributed by atoms with Gasteiger partial charge in [-0.1, -0.05) is 18.2 Å². The third kappa shape index (κ3) is 3.62. The van der Waals surface area contributed by atoms with Crippen molar-refractivity contribution in [3.63, 3.8) is 0 Å². The molecule has 0 amide bonds. The molecular weight excluding hydrogens is 468 g/mol. The molecule has 0 unspecified atom stereocenters. The molecular formula is C15H9Br3O3. The topological polar surface area (TPSA) is 43.4 Å². The molecule has 0 N–H and O–H groups in total. The maximum absolute atomic E-state index is 12.2. The standard InChI is InChI=1S/C15H9Br3O3/c1-8(19)10-7-11(16)12(17)13(18)14(10)21-15(20)9-5-3-2-4-6-9/h2-7H,1H3. The van der Waals surface area contributed by atoms with Crippen LogP contribution in [0.3, 0.4) is 0 Å². The van der Waals surface area contributed by atoms with E-state index in [0.29, 0.717) is 24.5 Å². The molecule has 0 spiro atoms. The number of hydrogen-bond acceptors (Lipinski definition) is 3. The normalized spacial score (nSPS) is 10.3. The van der Waals surface area contributed by atoms with E-state index in [0.717, 1.165) is 0 Å². The molecule has 2 aromatic rings. The van der Waals surface area contributed by atoms with Crippen LogP contribution in [0.25, 0.3) is 0 Å². The number of esters is 1. The minimum Gasteiger partial charge on any atom is -0.421 e. The molecule has 0 fully saturated rings. The lowest BCUT2D eigenvalue weighted by Crippen LogP contribution is -2.11. The van der Waals surface area contributed by atoms with Gasteiger partial charge in [0.1, 0.15) is 0 Å². The second-order valence-corrected chi connectivity index (χ2v) is 6.62. The van der Waals surface area contributed by atoms with Crippen molar-refractivity contribution >= 4 is 59.5 Å². The number of ether oxygens (including phenoxy) is 1. The molecule has 0 bridgehead atoms. The highest BCUT2D eigenvalue weighted by Crippen LogP contribution is 2.41. The molecule has 21 heavy (non-hydrogen) atoms. The molecule has 6 heteroatoms. The Kier molecular flexibility index (Phi) is 5.35. The van der Waals surface area contributed by atoms with E-state index < -0.39 is 5.97 Å². The molecule has 0 aliphatic heterocycles. The number of ketones is 1. The van der Waals surface area contributed by atoms with Crippen LogP contribution in [-0.4, -0.2) is 11.8 Å². The predicted molar refractivity (Wildman–Crippen MR) is 90.9 cm³/mol. The second kappa shape index (κ2) is 6.85. The minimum absolute atomic E-state index is 0.195. The number of hydrogen-bond donors (Lipinski definition) is 0. The van der Waals surface area contributed by atoms with Crippen LogP contribution in [0.1, 0.15) is 27.6 Å². The zero-order chi connectivity index (χ0) is 15.6. The third-order valence-electron chi connectivity index (χ3n) is 2.70. The van der Waals surface area contributed by atoms with Crippen molar-refractivity contribution in [2.24, 2.45) is 0 Å². The molecule has 0 heterocycles. The van der Waals surface area contributed by atoms with Gasteiger partial charge in [0.05, 0.1) is 15.6 Å². The summed E-state index contributed by atoms with van der Waals surface area (Å²) in [5.41, 5.74) is 0.735. The number of carbonyl (C=O) groups is 2. The first-order chi connectivity index (χ1) is 9.91. The maximum Gasteiger partial charge on any atom is 0.343 e. The number of halogens is 3. The van der Waals surface area contributed by atoms with Crippen molar-refractivity contribution in [1.82, 2.24) is 0 Å². The highest BCUT2D eigenvalue weighted by molar-refractivity contribution is 9.14. The van der Waals surface area contributed by atoms with E-state index >= 15 is 0 Å². The number of carbonyl (C=O) groups excluding carboxylic acids is 2. The van der Waals surface area contributed by atoms with E-state index in [2.05, 4.69) is 47.8 Å². The first-order valence-corrected chi connectivity index (χ1v) is 8.25. The van der Waals surface area contributed by atoms with Crippen LogP contribution in [0.15, 0.2) is 49.8 Å². The fraction of sp³-hybridized carbons (Fsp3) is 0.0667. The molecule has 0 aromatic heterocycles. The predicted octanol–water partition coefficient (Wildman–Crippen LogP) is 5.40. The van der Waals surface area contributed by atoms with Crippen LogP contribution < -0.4 is 4.74 Å². The Labute approximate surface area is 147 Å². The fourth-order valence-corrected chi connectivity index (χ4v) is 3.16. The monoisotopic (exact) mass is 474 g/mol. The molecule has 2 aromatic carbocycles. The average Bonchev–Trinajstić information content (AvgIpc) is 2.48. The lowest BCUT2D eigenvalue weighted by molar-refractivity contribution is 0.0731. The van der Waals surface area contributed by atoms with Crippen LogP contribution in [0.2, 0.25) is 0 Å². The first kappa shape index (κ1) is 16.4. The summed E-state index contributed by atoms with van der Waals surface area (Å²) >= 11 is 10.0. The van der Waals surface area contributed by atoms with Gasteiger partial charge in [-0.2, -0.15) is 0 Å². The quantitative estimate of drug-likeness (QED) is 0.258. The van der Waals surface area contributed by atoms with E-state index in [-0.39, 0.29) is 11.5 Å². The second-order valence-electron chi connectivity index (χ2n) is 4.17. The van der Waals surface area contributed by atoms with Crippen LogP contribution in [-0.2, 0) is 0 Å². The molecule has 0 aliphatic rings. The van der Waals surface area contributed by atoms with Crippen molar-refractivity contribution in [2.75, 3.05) is 0 Å². The summed E-state index contributed by atoms with van der Waals surface area (Å²) in [6.45, 7) is 1.42. The van der Waals surface area contributed by atoms with Crippen LogP contribution in [0.4, 0.5) is 0 Å². The fourth-order valence-electron chi connectivity index (χ4n) is 1.67. The van der Waals surface area contributed by atoms with Gasteiger partial charge >= 0.3 is 5.97 Å². The van der Waals surface area contributed by atoms with Crippen molar-refractivity contribution in [3.8, 4) is 5.75 Å². The van der Waals surface area contributed by atoms with Crippen LogP contribution >= 0.6 is 47.8 Å². The van der Waals surface area contributed by atoms with Crippen LogP contribution in [0.5, 0.6) is 5.75 Å². The number of Topliss-reactive ketones (excluding diaryl/α,β-unsaturated/α-hetero) is 1. The zero-order valence-corrected chi connectivity index (χ0v) is 15.6. The van der Waals surface area contributed by atoms with Gasteiger partial charge in [-0.3, -0.25) is 4.79 Å². The number of rotatable bonds is 3. The van der Waals surface area contributed by atoms with Gasteiger partial charge in [0.2, 0.25) is 0 Å². The SMILES string of the molecule is CC(=O)c1cc(Br)c(Br)c(Br)c1OC(=O)c1ccccc1. The molecule has 108 valence electrons. The van der Waals surface area contributed by atoms with Crippen LogP contribution in [0, 0.1) is 0 Å². The Morgan fingerprint density at radius 2 is 1.62 bits per heavy atom. The summed E-state index contributed by atoms with van der Waals surface area (Å²) in [6, 6.07) is 10.2. The Hall–Kier alpha value is -0.980. The van der Waals surface area contributed by atoms with E-state index in [9.17, 15) is 9.59 Å². The third-order valence-corrected chi connectivity index (χ3v) is 5.97. The molecule has 0 radical (unpaired) electrons. The summed E-state index contributed by atoms with van der Waals surface area (Å²) in [4.78, 5) is 23.9. The highest BCUT2D eigenvalue weighted by atomic mass is 79.9. The molecule has 0 saturated heterocycles. The maximum atomic E-state index is 12.2. The summed E-state index contributed by atoms with van der Waals surface area (Å²) < 4.78 is 7.27. The summed E-state index contributed by atoms with van der Waals surface area (Å²) in [6.07, 6.45) is 0. The summed E-state index contributed by atoms with van der Waals surface area (Å²) in [5, 5.41) is 0. The van der Waals surface area contributed by atoms with Crippen molar-refractivity contribution in [1.29, 1.82) is 0 Å². The van der Waals surface area contributed by atoms with Gasteiger partial charge in [0.15, 0.2) is 11.5 Å². The van der Waals surface area contributed by atoms with Gasteiger partial charge in [0, 0.05) is 8.95 Å².